The first-order chi connectivity index (χ1) is 12.5. The van der Waals surface area contributed by atoms with E-state index in [2.05, 4.69) is 5.32 Å². The molecule has 1 atom stereocenters. The maximum Gasteiger partial charge on any atom is 0.417 e. The molecule has 1 aliphatic heterocycles. The van der Waals surface area contributed by atoms with Crippen molar-refractivity contribution >= 4 is 33.2 Å². The van der Waals surface area contributed by atoms with E-state index in [9.17, 15) is 26.4 Å². The maximum absolute atomic E-state index is 12.9. The minimum Gasteiger partial charge on any atom is -0.325 e. The fraction of sp³-hybridized carbons (Fsp3) is 0.562. The molecule has 1 aliphatic rings. The van der Waals surface area contributed by atoms with E-state index in [4.69, 9.17) is 11.6 Å². The number of carbonyl (C=O) groups excluding carboxylic acids is 1. The van der Waals surface area contributed by atoms with Gasteiger partial charge in [-0.05, 0) is 32.0 Å². The number of nitrogens with zero attached hydrogens (tertiary/aromatic N) is 2. The Hall–Kier alpha value is -1.36. The molecule has 0 aromatic heterocycles. The highest BCUT2D eigenvalue weighted by atomic mass is 35.5. The zero-order chi connectivity index (χ0) is 20.4. The van der Waals surface area contributed by atoms with E-state index in [1.165, 1.54) is 10.4 Å². The van der Waals surface area contributed by atoms with Crippen LogP contribution in [0.25, 0.3) is 0 Å². The summed E-state index contributed by atoms with van der Waals surface area (Å²) in [6, 6.07) is 2.55. The van der Waals surface area contributed by atoms with Crippen molar-refractivity contribution in [2.75, 3.05) is 37.2 Å². The summed E-state index contributed by atoms with van der Waals surface area (Å²) in [5.41, 5.74) is -1.02. The molecule has 1 N–H and O–H groups in total. The number of rotatable bonds is 5. The van der Waals surface area contributed by atoms with E-state index in [0.29, 0.717) is 13.1 Å². The lowest BCUT2D eigenvalue weighted by atomic mass is 10.1. The Bertz CT molecular complexity index is 794. The van der Waals surface area contributed by atoms with Crippen LogP contribution in [0.4, 0.5) is 18.9 Å². The van der Waals surface area contributed by atoms with Crippen molar-refractivity contribution in [3.05, 3.63) is 28.8 Å². The molecule has 2 rings (SSSR count). The number of alkyl halides is 3. The monoisotopic (exact) mass is 427 g/mol. The van der Waals surface area contributed by atoms with E-state index >= 15 is 0 Å². The van der Waals surface area contributed by atoms with Gasteiger partial charge in [-0.15, -0.1) is 0 Å². The van der Waals surface area contributed by atoms with Crippen molar-refractivity contribution < 1.29 is 26.4 Å². The number of carbonyl (C=O) groups is 1. The highest BCUT2D eigenvalue weighted by Gasteiger charge is 2.34. The number of halogens is 4. The van der Waals surface area contributed by atoms with Crippen molar-refractivity contribution in [3.63, 3.8) is 0 Å². The summed E-state index contributed by atoms with van der Waals surface area (Å²) < 4.78 is 63.9. The molecule has 0 bridgehead atoms. The number of hydrogen-bond acceptors (Lipinski definition) is 4. The highest BCUT2D eigenvalue weighted by Crippen LogP contribution is 2.36. The minimum absolute atomic E-state index is 0.00392. The smallest absolute Gasteiger partial charge is 0.325 e. The third kappa shape index (κ3) is 5.34. The first-order valence-electron chi connectivity index (χ1n) is 8.35. The average molecular weight is 428 g/mol. The highest BCUT2D eigenvalue weighted by molar-refractivity contribution is 7.89. The summed E-state index contributed by atoms with van der Waals surface area (Å²) in [6.45, 7) is 4.46. The van der Waals surface area contributed by atoms with Gasteiger partial charge in [0, 0.05) is 31.9 Å². The number of sulfonamides is 1. The van der Waals surface area contributed by atoms with Crippen LogP contribution in [-0.4, -0.2) is 61.5 Å². The van der Waals surface area contributed by atoms with Gasteiger partial charge >= 0.3 is 6.18 Å². The molecule has 0 radical (unpaired) electrons. The summed E-state index contributed by atoms with van der Waals surface area (Å²) in [4.78, 5) is 14.2. The van der Waals surface area contributed by atoms with Crippen LogP contribution in [-0.2, 0) is 21.0 Å². The Morgan fingerprint density at radius 3 is 2.37 bits per heavy atom. The molecule has 152 valence electrons. The Balaban J connectivity index is 2.01. The molecule has 1 amide bonds. The van der Waals surface area contributed by atoms with Crippen molar-refractivity contribution in [1.82, 2.24) is 9.21 Å². The number of piperazine rings is 1. The van der Waals surface area contributed by atoms with Crippen LogP contribution in [0.3, 0.4) is 0 Å². The van der Waals surface area contributed by atoms with Crippen LogP contribution in [0.2, 0.25) is 5.02 Å². The van der Waals surface area contributed by atoms with Gasteiger partial charge in [-0.1, -0.05) is 11.6 Å². The fourth-order valence-corrected chi connectivity index (χ4v) is 4.09. The molecule has 0 saturated carbocycles. The third-order valence-electron chi connectivity index (χ3n) is 4.50. The summed E-state index contributed by atoms with van der Waals surface area (Å²) in [7, 11) is -3.27. The van der Waals surface area contributed by atoms with Crippen LogP contribution in [0.1, 0.15) is 19.4 Å². The SMILES string of the molecule is CCS(=O)(=O)N1CCN(C(C)C(=O)Nc2ccc(Cl)c(C(F)(F)F)c2)CC1. The molecule has 11 heteroatoms. The van der Waals surface area contributed by atoms with Gasteiger partial charge in [0.25, 0.3) is 0 Å². The van der Waals surface area contributed by atoms with Gasteiger partial charge in [-0.3, -0.25) is 9.69 Å². The molecular weight excluding hydrogens is 407 g/mol. The molecule has 0 aliphatic carbocycles. The summed E-state index contributed by atoms with van der Waals surface area (Å²) >= 11 is 5.57. The standard InChI is InChI=1S/C16H21ClF3N3O3S/c1-3-27(25,26)23-8-6-22(7-9-23)11(2)15(24)21-12-4-5-14(17)13(10-12)16(18,19)20/h4-5,10-11H,3,6-9H2,1-2H3,(H,21,24). The van der Waals surface area contributed by atoms with E-state index in [1.54, 1.807) is 18.7 Å². The number of hydrogen-bond donors (Lipinski definition) is 1. The van der Waals surface area contributed by atoms with Gasteiger partial charge in [0.2, 0.25) is 15.9 Å². The lowest BCUT2D eigenvalue weighted by Gasteiger charge is -2.36. The zero-order valence-corrected chi connectivity index (χ0v) is 16.5. The Morgan fingerprint density at radius 2 is 1.85 bits per heavy atom. The predicted octanol–water partition coefficient (Wildman–Crippen LogP) is 2.65. The van der Waals surface area contributed by atoms with E-state index in [1.807, 2.05) is 0 Å². The van der Waals surface area contributed by atoms with Gasteiger partial charge in [-0.25, -0.2) is 8.42 Å². The fourth-order valence-electron chi connectivity index (χ4n) is 2.78. The lowest BCUT2D eigenvalue weighted by molar-refractivity contribution is -0.137. The van der Waals surface area contributed by atoms with Crippen molar-refractivity contribution in [1.29, 1.82) is 0 Å². The normalized spacial score (nSPS) is 18.3. The van der Waals surface area contributed by atoms with Crippen molar-refractivity contribution in [3.8, 4) is 0 Å². The van der Waals surface area contributed by atoms with E-state index in [0.717, 1.165) is 12.1 Å². The first kappa shape index (κ1) is 21.9. The van der Waals surface area contributed by atoms with Crippen LogP contribution >= 0.6 is 11.6 Å². The molecule has 1 aromatic carbocycles. The molecule has 1 saturated heterocycles. The average Bonchev–Trinajstić information content (AvgIpc) is 2.61. The number of nitrogens with one attached hydrogen (secondary N) is 1. The Morgan fingerprint density at radius 1 is 1.26 bits per heavy atom. The second-order valence-electron chi connectivity index (χ2n) is 6.19. The number of amides is 1. The zero-order valence-electron chi connectivity index (χ0n) is 14.9. The van der Waals surface area contributed by atoms with Crippen molar-refractivity contribution in [2.45, 2.75) is 26.1 Å². The topological polar surface area (TPSA) is 69.7 Å². The summed E-state index contributed by atoms with van der Waals surface area (Å²) in [5, 5.41) is 2.02. The van der Waals surface area contributed by atoms with E-state index in [-0.39, 0.29) is 24.5 Å². The van der Waals surface area contributed by atoms with Gasteiger partial charge in [0.15, 0.2) is 0 Å². The van der Waals surface area contributed by atoms with Crippen LogP contribution in [0, 0.1) is 0 Å². The third-order valence-corrected chi connectivity index (χ3v) is 6.71. The number of benzene rings is 1. The molecule has 1 unspecified atom stereocenters. The lowest BCUT2D eigenvalue weighted by Crippen LogP contribution is -2.54. The second-order valence-corrected chi connectivity index (χ2v) is 8.86. The Labute approximate surface area is 161 Å². The van der Waals surface area contributed by atoms with Gasteiger partial charge in [0.05, 0.1) is 22.4 Å². The van der Waals surface area contributed by atoms with Gasteiger partial charge in [-0.2, -0.15) is 17.5 Å². The van der Waals surface area contributed by atoms with E-state index < -0.39 is 38.7 Å². The van der Waals surface area contributed by atoms with Gasteiger partial charge < -0.3 is 5.32 Å². The minimum atomic E-state index is -4.62. The quantitative estimate of drug-likeness (QED) is 0.784. The molecular formula is C16H21ClF3N3O3S. The second kappa shape index (κ2) is 8.34. The molecule has 1 aromatic rings. The Kier molecular flexibility index (Phi) is 6.77. The summed E-state index contributed by atoms with van der Waals surface area (Å²) in [5.74, 6) is -0.460. The first-order valence-corrected chi connectivity index (χ1v) is 10.3. The van der Waals surface area contributed by atoms with Crippen molar-refractivity contribution in [2.24, 2.45) is 0 Å². The molecule has 1 heterocycles. The number of anilines is 1. The molecule has 0 spiro atoms. The maximum atomic E-state index is 12.9. The summed E-state index contributed by atoms with van der Waals surface area (Å²) in [6.07, 6.45) is -4.62. The molecule has 1 fully saturated rings. The van der Waals surface area contributed by atoms with Gasteiger partial charge in [0.1, 0.15) is 0 Å². The van der Waals surface area contributed by atoms with Crippen LogP contribution in [0.5, 0.6) is 0 Å². The predicted molar refractivity (Wildman–Crippen MR) is 97.2 cm³/mol. The van der Waals surface area contributed by atoms with Crippen LogP contribution in [0.15, 0.2) is 18.2 Å². The molecule has 27 heavy (non-hydrogen) atoms. The molecule has 6 nitrogen and oxygen atoms in total. The largest absolute Gasteiger partial charge is 0.417 e. The van der Waals surface area contributed by atoms with Crippen LogP contribution < -0.4 is 5.32 Å².